The Morgan fingerprint density at radius 3 is 2.29 bits per heavy atom. The first-order chi connectivity index (χ1) is 3.31. The molecule has 0 rings (SSSR count). The van der Waals surface area contributed by atoms with Gasteiger partial charge in [-0.25, -0.2) is 0 Å². The van der Waals surface area contributed by atoms with E-state index >= 15 is 0 Å². The molecule has 1 unspecified atom stereocenters. The van der Waals surface area contributed by atoms with Crippen LogP contribution in [0.15, 0.2) is 0 Å². The quantitative estimate of drug-likeness (QED) is 0.412. The molecule has 1 heteroatoms. The Hall–Kier alpha value is -0.950. The number of nitrogens with zero attached hydrogens (tertiary/aromatic N) is 1. The van der Waals surface area contributed by atoms with Gasteiger partial charge in [0.15, 0.2) is 0 Å². The molecule has 0 fully saturated rings. The third kappa shape index (κ3) is 2.86. The van der Waals surface area contributed by atoms with Crippen molar-refractivity contribution in [3.8, 4) is 17.9 Å². The maximum absolute atomic E-state index is 8.11. The molecule has 0 bridgehead atoms. The summed E-state index contributed by atoms with van der Waals surface area (Å²) in [5.41, 5.74) is 0. The minimum absolute atomic E-state index is 0.106. The van der Waals surface area contributed by atoms with Crippen molar-refractivity contribution in [2.45, 2.75) is 13.8 Å². The molecule has 1 atom stereocenters. The molecule has 0 aromatic carbocycles. The lowest BCUT2D eigenvalue weighted by Crippen LogP contribution is -1.79. The lowest BCUT2D eigenvalue weighted by atomic mass is 10.2. The summed E-state index contributed by atoms with van der Waals surface area (Å²) in [7, 11) is 0. The third-order valence-electron chi connectivity index (χ3n) is 0.554. The predicted octanol–water partition coefficient (Wildman–Crippen LogP) is 1.17. The van der Waals surface area contributed by atoms with Crippen molar-refractivity contribution in [2.75, 3.05) is 0 Å². The van der Waals surface area contributed by atoms with Gasteiger partial charge in [-0.05, 0) is 13.8 Å². The van der Waals surface area contributed by atoms with Crippen LogP contribution in [0.3, 0.4) is 0 Å². The Bertz CT molecular complexity index is 130. The van der Waals surface area contributed by atoms with E-state index in [0.717, 1.165) is 0 Å². The maximum Gasteiger partial charge on any atom is 0.104 e. The normalized spacial score (nSPS) is 10.4. The summed E-state index contributed by atoms with van der Waals surface area (Å²) in [6, 6.07) is 1.99. The molecule has 0 N–H and O–H groups in total. The maximum atomic E-state index is 8.11. The topological polar surface area (TPSA) is 23.8 Å². The zero-order chi connectivity index (χ0) is 5.70. The second kappa shape index (κ2) is 3.25. The lowest BCUT2D eigenvalue weighted by molar-refractivity contribution is 0.996. The summed E-state index contributed by atoms with van der Waals surface area (Å²) < 4.78 is 0. The van der Waals surface area contributed by atoms with Crippen molar-refractivity contribution in [1.82, 2.24) is 0 Å². The van der Waals surface area contributed by atoms with Gasteiger partial charge < -0.3 is 0 Å². The predicted molar refractivity (Wildman–Crippen MR) is 28.2 cm³/mol. The highest BCUT2D eigenvalue weighted by atomic mass is 14.2. The molecule has 0 aliphatic carbocycles. The van der Waals surface area contributed by atoms with Crippen molar-refractivity contribution in [3.63, 3.8) is 0 Å². The number of rotatable bonds is 0. The molecule has 1 nitrogen and oxygen atoms in total. The molecule has 36 valence electrons. The number of hydrogen-bond acceptors (Lipinski definition) is 1. The Balaban J connectivity index is 3.57. The van der Waals surface area contributed by atoms with Crippen LogP contribution >= 0.6 is 0 Å². The summed E-state index contributed by atoms with van der Waals surface area (Å²) >= 11 is 0. The number of hydrogen-bond donors (Lipinski definition) is 0. The fraction of sp³-hybridized carbons (Fsp3) is 0.500. The average Bonchev–Trinajstić information content (AvgIpc) is 1.68. The van der Waals surface area contributed by atoms with E-state index in [2.05, 4.69) is 11.8 Å². The highest BCUT2D eigenvalue weighted by Crippen LogP contribution is 1.84. The highest BCUT2D eigenvalue weighted by Gasteiger charge is 1.85. The van der Waals surface area contributed by atoms with E-state index in [9.17, 15) is 0 Å². The van der Waals surface area contributed by atoms with Crippen molar-refractivity contribution in [3.05, 3.63) is 0 Å². The molecule has 0 aromatic heterocycles. The van der Waals surface area contributed by atoms with Crippen molar-refractivity contribution < 1.29 is 0 Å². The number of nitriles is 1. The summed E-state index contributed by atoms with van der Waals surface area (Å²) in [6.45, 7) is 3.50. The van der Waals surface area contributed by atoms with Gasteiger partial charge in [-0.1, -0.05) is 5.92 Å². The third-order valence-corrected chi connectivity index (χ3v) is 0.554. The fourth-order valence-corrected chi connectivity index (χ4v) is 0.249. The van der Waals surface area contributed by atoms with Crippen molar-refractivity contribution in [1.29, 1.82) is 5.26 Å². The van der Waals surface area contributed by atoms with Gasteiger partial charge >= 0.3 is 0 Å². The Kier molecular flexibility index (Phi) is 2.81. The first kappa shape index (κ1) is 6.05. The Morgan fingerprint density at radius 1 is 1.57 bits per heavy atom. The largest absolute Gasteiger partial charge is 0.197 e. The van der Waals surface area contributed by atoms with E-state index in [4.69, 9.17) is 5.26 Å². The van der Waals surface area contributed by atoms with Crippen molar-refractivity contribution in [2.24, 2.45) is 5.92 Å². The van der Waals surface area contributed by atoms with Crippen LogP contribution in [0.1, 0.15) is 13.8 Å². The molecule has 0 saturated carbocycles. The van der Waals surface area contributed by atoms with Crippen LogP contribution in [-0.2, 0) is 0 Å². The summed E-state index contributed by atoms with van der Waals surface area (Å²) in [5.74, 6) is 5.22. The van der Waals surface area contributed by atoms with Gasteiger partial charge in [0.05, 0.1) is 6.07 Å². The van der Waals surface area contributed by atoms with E-state index in [1.54, 1.807) is 13.8 Å². The van der Waals surface area contributed by atoms with E-state index in [1.807, 2.05) is 6.07 Å². The van der Waals surface area contributed by atoms with Gasteiger partial charge in [0, 0.05) is 0 Å². The first-order valence-electron chi connectivity index (χ1n) is 2.13. The van der Waals surface area contributed by atoms with E-state index in [-0.39, 0.29) is 5.92 Å². The molecule has 0 aliphatic heterocycles. The van der Waals surface area contributed by atoms with Crippen LogP contribution in [0.5, 0.6) is 0 Å². The van der Waals surface area contributed by atoms with Crippen LogP contribution in [0.4, 0.5) is 0 Å². The monoisotopic (exact) mass is 93.1 g/mol. The fourth-order valence-electron chi connectivity index (χ4n) is 0.249. The smallest absolute Gasteiger partial charge is 0.104 e. The molecule has 0 saturated heterocycles. The standard InChI is InChI=1S/C6H7N/c1-3-4-6(2)5-7/h6H,1-2H3. The molecule has 0 aromatic rings. The van der Waals surface area contributed by atoms with E-state index in [0.29, 0.717) is 0 Å². The van der Waals surface area contributed by atoms with Gasteiger partial charge in [0.2, 0.25) is 0 Å². The second-order valence-corrected chi connectivity index (χ2v) is 1.25. The zero-order valence-corrected chi connectivity index (χ0v) is 4.52. The molecule has 0 heterocycles. The van der Waals surface area contributed by atoms with Gasteiger partial charge in [0.25, 0.3) is 0 Å². The first-order valence-corrected chi connectivity index (χ1v) is 2.13. The summed E-state index contributed by atoms with van der Waals surface area (Å²) in [4.78, 5) is 0. The summed E-state index contributed by atoms with van der Waals surface area (Å²) in [6.07, 6.45) is 0. The van der Waals surface area contributed by atoms with Crippen LogP contribution in [0, 0.1) is 29.1 Å². The minimum atomic E-state index is -0.106. The van der Waals surface area contributed by atoms with Crippen LogP contribution in [-0.4, -0.2) is 0 Å². The zero-order valence-electron chi connectivity index (χ0n) is 4.52. The van der Waals surface area contributed by atoms with Crippen LogP contribution in [0.25, 0.3) is 0 Å². The minimum Gasteiger partial charge on any atom is -0.197 e. The molecule has 7 heavy (non-hydrogen) atoms. The van der Waals surface area contributed by atoms with Gasteiger partial charge in [-0.15, -0.1) is 5.92 Å². The molecule has 0 amide bonds. The molecule has 0 spiro atoms. The van der Waals surface area contributed by atoms with E-state index in [1.165, 1.54) is 0 Å². The molecular weight excluding hydrogens is 86.1 g/mol. The summed E-state index contributed by atoms with van der Waals surface area (Å²) in [5, 5.41) is 8.11. The van der Waals surface area contributed by atoms with Gasteiger partial charge in [-0.2, -0.15) is 5.26 Å². The Morgan fingerprint density at radius 2 is 2.14 bits per heavy atom. The van der Waals surface area contributed by atoms with E-state index < -0.39 is 0 Å². The second-order valence-electron chi connectivity index (χ2n) is 1.25. The molecule has 0 aliphatic rings. The van der Waals surface area contributed by atoms with Gasteiger partial charge in [-0.3, -0.25) is 0 Å². The average molecular weight is 93.1 g/mol. The highest BCUT2D eigenvalue weighted by molar-refractivity contribution is 5.07. The SMILES string of the molecule is CC#CC(C)C#N. The molecular formula is C6H7N. The molecule has 0 radical (unpaired) electrons. The van der Waals surface area contributed by atoms with Crippen LogP contribution < -0.4 is 0 Å². The van der Waals surface area contributed by atoms with Gasteiger partial charge in [0.1, 0.15) is 5.92 Å². The lowest BCUT2D eigenvalue weighted by Gasteiger charge is -1.78. The van der Waals surface area contributed by atoms with Crippen molar-refractivity contribution >= 4 is 0 Å². The van der Waals surface area contributed by atoms with Crippen LogP contribution in [0.2, 0.25) is 0 Å². The Labute approximate surface area is 44.0 Å².